The van der Waals surface area contributed by atoms with E-state index >= 15 is 0 Å². The van der Waals surface area contributed by atoms with E-state index in [0.717, 1.165) is 24.0 Å². The highest BCUT2D eigenvalue weighted by Crippen LogP contribution is 2.28. The number of carbonyl (C=O) groups is 1. The molecular formula is C20H23ClN2O3S. The van der Waals surface area contributed by atoms with E-state index in [0.29, 0.717) is 25.2 Å². The van der Waals surface area contributed by atoms with Crippen LogP contribution in [0.2, 0.25) is 5.02 Å². The number of aryl methyl sites for hydroxylation is 1. The van der Waals surface area contributed by atoms with E-state index in [2.05, 4.69) is 0 Å². The lowest BCUT2D eigenvalue weighted by molar-refractivity contribution is 0.0785. The van der Waals surface area contributed by atoms with Gasteiger partial charge in [-0.1, -0.05) is 41.4 Å². The smallest absolute Gasteiger partial charge is 0.253 e. The van der Waals surface area contributed by atoms with Crippen LogP contribution >= 0.6 is 11.6 Å². The molecule has 1 fully saturated rings. The predicted octanol–water partition coefficient (Wildman–Crippen LogP) is 3.71. The highest BCUT2D eigenvalue weighted by atomic mass is 35.5. The molecule has 7 heteroatoms. The van der Waals surface area contributed by atoms with Crippen LogP contribution < -0.4 is 0 Å². The Bertz CT molecular complexity index is 936. The first-order valence-electron chi connectivity index (χ1n) is 8.90. The minimum absolute atomic E-state index is 0.000604. The quantitative estimate of drug-likeness (QED) is 0.760. The van der Waals surface area contributed by atoms with E-state index in [1.54, 1.807) is 18.0 Å². The van der Waals surface area contributed by atoms with Crippen molar-refractivity contribution in [3.05, 3.63) is 64.2 Å². The molecule has 2 aromatic rings. The Morgan fingerprint density at radius 2 is 1.74 bits per heavy atom. The van der Waals surface area contributed by atoms with E-state index in [-0.39, 0.29) is 15.8 Å². The van der Waals surface area contributed by atoms with Gasteiger partial charge in [0.25, 0.3) is 5.91 Å². The van der Waals surface area contributed by atoms with Crippen molar-refractivity contribution < 1.29 is 13.2 Å². The number of rotatable bonds is 5. The minimum atomic E-state index is -3.68. The molecule has 0 aliphatic carbocycles. The maximum Gasteiger partial charge on any atom is 0.253 e. The topological polar surface area (TPSA) is 57.7 Å². The summed E-state index contributed by atoms with van der Waals surface area (Å²) >= 11 is 6.16. The van der Waals surface area contributed by atoms with E-state index in [4.69, 9.17) is 11.6 Å². The molecule has 0 spiro atoms. The SMILES string of the molecule is Cc1ccc(CN(C)C(=O)c2ccc(Cl)c(S(=O)(=O)N3CCCC3)c2)cc1. The molecule has 0 aromatic heterocycles. The Balaban J connectivity index is 1.84. The maximum absolute atomic E-state index is 12.8. The lowest BCUT2D eigenvalue weighted by atomic mass is 10.1. The number of hydrogen-bond donors (Lipinski definition) is 0. The normalized spacial score (nSPS) is 15.1. The van der Waals surface area contributed by atoms with Crippen LogP contribution in [0.1, 0.15) is 34.3 Å². The molecule has 27 heavy (non-hydrogen) atoms. The van der Waals surface area contributed by atoms with Crippen LogP contribution in [0.4, 0.5) is 0 Å². The molecule has 0 atom stereocenters. The zero-order chi connectivity index (χ0) is 19.6. The maximum atomic E-state index is 12.8. The molecule has 5 nitrogen and oxygen atoms in total. The van der Waals surface area contributed by atoms with Crippen molar-refractivity contribution in [2.75, 3.05) is 20.1 Å². The molecular weight excluding hydrogens is 384 g/mol. The van der Waals surface area contributed by atoms with Crippen LogP contribution in [0, 0.1) is 6.92 Å². The third kappa shape index (κ3) is 4.34. The molecule has 2 aromatic carbocycles. The highest BCUT2D eigenvalue weighted by molar-refractivity contribution is 7.89. The number of sulfonamides is 1. The van der Waals surface area contributed by atoms with Crippen LogP contribution in [-0.4, -0.2) is 43.7 Å². The number of benzene rings is 2. The van der Waals surface area contributed by atoms with Crippen LogP contribution in [-0.2, 0) is 16.6 Å². The largest absolute Gasteiger partial charge is 0.337 e. The van der Waals surface area contributed by atoms with Gasteiger partial charge < -0.3 is 4.90 Å². The van der Waals surface area contributed by atoms with Gasteiger partial charge in [-0.05, 0) is 43.5 Å². The molecule has 1 heterocycles. The number of nitrogens with zero attached hydrogens (tertiary/aromatic N) is 2. The molecule has 1 amide bonds. The van der Waals surface area contributed by atoms with Gasteiger partial charge in [-0.15, -0.1) is 0 Å². The van der Waals surface area contributed by atoms with E-state index in [1.165, 1.54) is 16.4 Å². The second-order valence-corrected chi connectivity index (χ2v) is 9.22. The zero-order valence-corrected chi connectivity index (χ0v) is 17.1. The number of amides is 1. The molecule has 1 aliphatic rings. The first-order chi connectivity index (χ1) is 12.8. The van der Waals surface area contributed by atoms with Gasteiger partial charge in [0.15, 0.2) is 0 Å². The van der Waals surface area contributed by atoms with E-state index in [9.17, 15) is 13.2 Å². The number of halogens is 1. The molecule has 1 saturated heterocycles. The molecule has 0 N–H and O–H groups in total. The molecule has 144 valence electrons. The van der Waals surface area contributed by atoms with Crippen LogP contribution in [0.3, 0.4) is 0 Å². The average molecular weight is 407 g/mol. The van der Waals surface area contributed by atoms with Gasteiger partial charge in [-0.25, -0.2) is 8.42 Å². The van der Waals surface area contributed by atoms with Gasteiger partial charge in [-0.2, -0.15) is 4.31 Å². The van der Waals surface area contributed by atoms with Crippen molar-refractivity contribution in [3.8, 4) is 0 Å². The van der Waals surface area contributed by atoms with Gasteiger partial charge in [-0.3, -0.25) is 4.79 Å². The summed E-state index contributed by atoms with van der Waals surface area (Å²) in [7, 11) is -1.98. The Kier molecular flexibility index (Phi) is 5.89. The van der Waals surface area contributed by atoms with Gasteiger partial charge in [0.1, 0.15) is 4.90 Å². The molecule has 0 saturated carbocycles. The summed E-state index contributed by atoms with van der Waals surface area (Å²) in [6, 6.07) is 12.4. The highest BCUT2D eigenvalue weighted by Gasteiger charge is 2.30. The Labute approximate surface area is 165 Å². The first kappa shape index (κ1) is 19.9. The second-order valence-electron chi connectivity index (χ2n) is 6.90. The lowest BCUT2D eigenvalue weighted by Crippen LogP contribution is -2.29. The van der Waals surface area contributed by atoms with Crippen molar-refractivity contribution in [1.29, 1.82) is 0 Å². The summed E-state index contributed by atoms with van der Waals surface area (Å²) in [6.45, 7) is 3.43. The fourth-order valence-electron chi connectivity index (χ4n) is 3.16. The van der Waals surface area contributed by atoms with Crippen molar-refractivity contribution in [2.45, 2.75) is 31.2 Å². The third-order valence-corrected chi connectivity index (χ3v) is 7.13. The Morgan fingerprint density at radius 1 is 1.11 bits per heavy atom. The fraction of sp³-hybridized carbons (Fsp3) is 0.350. The summed E-state index contributed by atoms with van der Waals surface area (Å²) < 4.78 is 27.1. The first-order valence-corrected chi connectivity index (χ1v) is 10.7. The Hall–Kier alpha value is -1.89. The third-order valence-electron chi connectivity index (χ3n) is 4.75. The predicted molar refractivity (Wildman–Crippen MR) is 106 cm³/mol. The van der Waals surface area contributed by atoms with Crippen molar-refractivity contribution in [2.24, 2.45) is 0 Å². The lowest BCUT2D eigenvalue weighted by Gasteiger charge is -2.20. The minimum Gasteiger partial charge on any atom is -0.337 e. The summed E-state index contributed by atoms with van der Waals surface area (Å²) in [5.74, 6) is -0.245. The molecule has 0 bridgehead atoms. The second kappa shape index (κ2) is 8.00. The molecule has 0 unspecified atom stereocenters. The van der Waals surface area contributed by atoms with Gasteiger partial charge >= 0.3 is 0 Å². The van der Waals surface area contributed by atoms with E-state index in [1.807, 2.05) is 31.2 Å². The summed E-state index contributed by atoms with van der Waals surface area (Å²) in [6.07, 6.45) is 1.68. The Morgan fingerprint density at radius 3 is 2.37 bits per heavy atom. The number of hydrogen-bond acceptors (Lipinski definition) is 3. The van der Waals surface area contributed by atoms with Gasteiger partial charge in [0, 0.05) is 32.2 Å². The monoisotopic (exact) mass is 406 g/mol. The van der Waals surface area contributed by atoms with Gasteiger partial charge in [0.2, 0.25) is 10.0 Å². The molecule has 0 radical (unpaired) electrons. The van der Waals surface area contributed by atoms with Crippen molar-refractivity contribution in [3.63, 3.8) is 0 Å². The number of carbonyl (C=O) groups excluding carboxylic acids is 1. The van der Waals surface area contributed by atoms with Crippen LogP contribution in [0.25, 0.3) is 0 Å². The van der Waals surface area contributed by atoms with Crippen LogP contribution in [0.15, 0.2) is 47.4 Å². The van der Waals surface area contributed by atoms with Crippen LogP contribution in [0.5, 0.6) is 0 Å². The summed E-state index contributed by atoms with van der Waals surface area (Å²) in [5, 5.41) is 0.139. The van der Waals surface area contributed by atoms with Gasteiger partial charge in [0.05, 0.1) is 5.02 Å². The van der Waals surface area contributed by atoms with Crippen molar-refractivity contribution >= 4 is 27.5 Å². The average Bonchev–Trinajstić information content (AvgIpc) is 3.19. The zero-order valence-electron chi connectivity index (χ0n) is 15.5. The standard InChI is InChI=1S/C20H23ClN2O3S/c1-15-5-7-16(8-6-15)14-22(2)20(24)17-9-10-18(21)19(13-17)27(25,26)23-11-3-4-12-23/h5-10,13H,3-4,11-12,14H2,1-2H3. The summed E-state index contributed by atoms with van der Waals surface area (Å²) in [5.41, 5.74) is 2.48. The fourth-order valence-corrected chi connectivity index (χ4v) is 5.18. The molecule has 1 aliphatic heterocycles. The molecule has 3 rings (SSSR count). The van der Waals surface area contributed by atoms with E-state index < -0.39 is 10.0 Å². The summed E-state index contributed by atoms with van der Waals surface area (Å²) in [4.78, 5) is 14.4. The van der Waals surface area contributed by atoms with Crippen molar-refractivity contribution in [1.82, 2.24) is 9.21 Å².